The Bertz CT molecular complexity index is 839. The van der Waals surface area contributed by atoms with Crippen LogP contribution in [0, 0.1) is 0 Å². The third-order valence-electron chi connectivity index (χ3n) is 5.16. The van der Waals surface area contributed by atoms with Crippen LogP contribution in [0.5, 0.6) is 5.75 Å². The van der Waals surface area contributed by atoms with Gasteiger partial charge in [-0.1, -0.05) is 69.4 Å². The molecular weight excluding hydrogens is 348 g/mol. The van der Waals surface area contributed by atoms with E-state index < -0.39 is 12.3 Å². The molecule has 0 radical (unpaired) electrons. The average molecular weight is 381 g/mol. The molecule has 0 aliphatic rings. The molecule has 2 unspecified atom stereocenters. The number of aryl methyl sites for hydroxylation is 1. The summed E-state index contributed by atoms with van der Waals surface area (Å²) in [7, 11) is 0. The van der Waals surface area contributed by atoms with Crippen molar-refractivity contribution in [1.29, 1.82) is 0 Å². The summed E-state index contributed by atoms with van der Waals surface area (Å²) in [4.78, 5) is 0. The van der Waals surface area contributed by atoms with Crippen molar-refractivity contribution >= 4 is 10.9 Å². The first-order valence-corrected chi connectivity index (χ1v) is 10.5. The van der Waals surface area contributed by atoms with Crippen LogP contribution < -0.4 is 4.74 Å². The number of nitrogens with zero attached hydrogens (tertiary/aromatic N) is 2. The molecule has 3 aromatic rings. The number of unbranched alkanes of at least 4 members (excludes halogenated alkanes) is 5. The van der Waals surface area contributed by atoms with Crippen molar-refractivity contribution in [3.63, 3.8) is 0 Å². The van der Waals surface area contributed by atoms with Crippen LogP contribution in [0.1, 0.15) is 64.2 Å². The van der Waals surface area contributed by atoms with Gasteiger partial charge in [0.25, 0.3) is 0 Å². The highest BCUT2D eigenvalue weighted by Gasteiger charge is 2.21. The summed E-state index contributed by atoms with van der Waals surface area (Å²) in [6.45, 7) is 3.98. The lowest BCUT2D eigenvalue weighted by Gasteiger charge is -2.23. The van der Waals surface area contributed by atoms with Crippen molar-refractivity contribution in [2.75, 3.05) is 0 Å². The highest BCUT2D eigenvalue weighted by Crippen LogP contribution is 2.24. The van der Waals surface area contributed by atoms with Crippen molar-refractivity contribution in [3.8, 4) is 5.75 Å². The van der Waals surface area contributed by atoms with Crippen molar-refractivity contribution < 1.29 is 9.84 Å². The average Bonchev–Trinajstić information content (AvgIpc) is 3.13. The standard InChI is InChI=1S/C24H32N2O2/c1-3-4-5-6-7-8-11-20-14-16-22(17-15-20)28-24(19(2)27)26-23-13-10-9-12-21(23)18-25-26/h9-10,12-19,24,27H,3-8,11H2,1-2H3. The highest BCUT2D eigenvalue weighted by molar-refractivity contribution is 5.78. The van der Waals surface area contributed by atoms with Crippen LogP contribution in [0.15, 0.2) is 54.7 Å². The Labute approximate surface area is 168 Å². The quantitative estimate of drug-likeness (QED) is 0.421. The molecule has 4 heteroatoms. The number of fused-ring (bicyclic) bond motifs is 1. The predicted octanol–water partition coefficient (Wildman–Crippen LogP) is 5.90. The third kappa shape index (κ3) is 5.35. The van der Waals surface area contributed by atoms with Crippen molar-refractivity contribution in [3.05, 3.63) is 60.3 Å². The minimum atomic E-state index is -0.689. The van der Waals surface area contributed by atoms with Gasteiger partial charge in [0.1, 0.15) is 11.9 Å². The number of aliphatic hydroxyl groups excluding tert-OH is 1. The third-order valence-corrected chi connectivity index (χ3v) is 5.16. The molecule has 0 saturated heterocycles. The van der Waals surface area contributed by atoms with E-state index in [2.05, 4.69) is 24.2 Å². The van der Waals surface area contributed by atoms with Crippen LogP contribution in [0.2, 0.25) is 0 Å². The Morgan fingerprint density at radius 3 is 2.43 bits per heavy atom. The zero-order valence-corrected chi connectivity index (χ0v) is 17.1. The molecule has 3 rings (SSSR count). The first-order chi connectivity index (χ1) is 13.7. The maximum Gasteiger partial charge on any atom is 0.217 e. The maximum atomic E-state index is 10.3. The van der Waals surface area contributed by atoms with Gasteiger partial charge in [-0.15, -0.1) is 0 Å². The number of aromatic nitrogens is 2. The van der Waals surface area contributed by atoms with Crippen LogP contribution in [0.4, 0.5) is 0 Å². The summed E-state index contributed by atoms with van der Waals surface area (Å²) in [6, 6.07) is 16.2. The molecule has 1 aromatic heterocycles. The molecular formula is C24H32N2O2. The molecule has 0 spiro atoms. The number of ether oxygens (including phenoxy) is 1. The van der Waals surface area contributed by atoms with Crippen LogP contribution in [0.25, 0.3) is 10.9 Å². The molecule has 1 N–H and O–H groups in total. The first-order valence-electron chi connectivity index (χ1n) is 10.5. The topological polar surface area (TPSA) is 47.3 Å². The second kappa shape index (κ2) is 10.3. The van der Waals surface area contributed by atoms with E-state index in [9.17, 15) is 5.11 Å². The zero-order valence-electron chi connectivity index (χ0n) is 17.1. The second-order valence-electron chi connectivity index (χ2n) is 7.56. The molecule has 1 heterocycles. The van der Waals surface area contributed by atoms with Gasteiger partial charge in [-0.25, -0.2) is 4.68 Å². The monoisotopic (exact) mass is 380 g/mol. The van der Waals surface area contributed by atoms with Gasteiger partial charge in [-0.05, 0) is 43.5 Å². The largest absolute Gasteiger partial charge is 0.466 e. The lowest BCUT2D eigenvalue weighted by Crippen LogP contribution is -2.27. The van der Waals surface area contributed by atoms with Gasteiger partial charge in [-0.3, -0.25) is 0 Å². The molecule has 0 bridgehead atoms. The number of benzene rings is 2. The minimum Gasteiger partial charge on any atom is -0.466 e. The summed E-state index contributed by atoms with van der Waals surface area (Å²) < 4.78 is 7.86. The lowest BCUT2D eigenvalue weighted by atomic mass is 10.0. The fourth-order valence-electron chi connectivity index (χ4n) is 3.53. The summed E-state index contributed by atoms with van der Waals surface area (Å²) in [5, 5.41) is 15.7. The van der Waals surface area contributed by atoms with Gasteiger partial charge in [0, 0.05) is 5.39 Å². The smallest absolute Gasteiger partial charge is 0.217 e. The van der Waals surface area contributed by atoms with E-state index in [0.717, 1.165) is 23.1 Å². The Kier molecular flexibility index (Phi) is 7.49. The van der Waals surface area contributed by atoms with Crippen LogP contribution in [-0.4, -0.2) is 21.0 Å². The van der Waals surface area contributed by atoms with Crippen molar-refractivity contribution in [2.45, 2.75) is 71.1 Å². The van der Waals surface area contributed by atoms with Crippen molar-refractivity contribution in [1.82, 2.24) is 9.78 Å². The zero-order chi connectivity index (χ0) is 19.8. The highest BCUT2D eigenvalue weighted by atomic mass is 16.5. The molecule has 2 atom stereocenters. The second-order valence-corrected chi connectivity index (χ2v) is 7.56. The first kappa shape index (κ1) is 20.4. The summed E-state index contributed by atoms with van der Waals surface area (Å²) in [6.07, 6.45) is 9.53. The van der Waals surface area contributed by atoms with Gasteiger partial charge in [-0.2, -0.15) is 5.10 Å². The van der Waals surface area contributed by atoms with Crippen LogP contribution in [-0.2, 0) is 6.42 Å². The van der Waals surface area contributed by atoms with Gasteiger partial charge in [0.2, 0.25) is 6.23 Å². The van der Waals surface area contributed by atoms with E-state index in [1.165, 1.54) is 44.1 Å². The number of hydrogen-bond acceptors (Lipinski definition) is 3. The fourth-order valence-corrected chi connectivity index (χ4v) is 3.53. The van der Waals surface area contributed by atoms with Crippen LogP contribution in [0.3, 0.4) is 0 Å². The molecule has 0 fully saturated rings. The van der Waals surface area contributed by atoms with E-state index in [0.29, 0.717) is 0 Å². The Morgan fingerprint density at radius 1 is 0.964 bits per heavy atom. The van der Waals surface area contributed by atoms with Gasteiger partial charge in [0.05, 0.1) is 11.7 Å². The Balaban J connectivity index is 1.60. The van der Waals surface area contributed by atoms with Crippen molar-refractivity contribution in [2.24, 2.45) is 0 Å². The van der Waals surface area contributed by atoms with E-state index in [1.807, 2.05) is 36.4 Å². The van der Waals surface area contributed by atoms with E-state index >= 15 is 0 Å². The Hall–Kier alpha value is -2.33. The van der Waals surface area contributed by atoms with Crippen LogP contribution >= 0.6 is 0 Å². The van der Waals surface area contributed by atoms with E-state index in [4.69, 9.17) is 4.74 Å². The SMILES string of the molecule is CCCCCCCCc1ccc(OC(C(C)O)n2ncc3ccccc32)cc1. The summed E-state index contributed by atoms with van der Waals surface area (Å²) in [5.74, 6) is 0.747. The van der Waals surface area contributed by atoms with Gasteiger partial charge < -0.3 is 9.84 Å². The number of rotatable bonds is 11. The predicted molar refractivity (Wildman–Crippen MR) is 115 cm³/mol. The molecule has 0 amide bonds. The van der Waals surface area contributed by atoms with E-state index in [-0.39, 0.29) is 0 Å². The van der Waals surface area contributed by atoms with E-state index in [1.54, 1.807) is 17.8 Å². The summed E-state index contributed by atoms with van der Waals surface area (Å²) in [5.41, 5.74) is 2.29. The number of hydrogen-bond donors (Lipinski definition) is 1. The fraction of sp³-hybridized carbons (Fsp3) is 0.458. The summed E-state index contributed by atoms with van der Waals surface area (Å²) >= 11 is 0. The molecule has 150 valence electrons. The molecule has 28 heavy (non-hydrogen) atoms. The minimum absolute atomic E-state index is 0.565. The van der Waals surface area contributed by atoms with Gasteiger partial charge >= 0.3 is 0 Å². The molecule has 0 saturated carbocycles. The molecule has 4 nitrogen and oxygen atoms in total. The number of para-hydroxylation sites is 1. The lowest BCUT2D eigenvalue weighted by molar-refractivity contribution is -0.00372. The van der Waals surface area contributed by atoms with Gasteiger partial charge in [0.15, 0.2) is 0 Å². The maximum absolute atomic E-state index is 10.3. The Morgan fingerprint density at radius 2 is 1.68 bits per heavy atom. The normalized spacial score (nSPS) is 13.5. The molecule has 0 aliphatic carbocycles. The molecule has 0 aliphatic heterocycles. The number of aliphatic hydroxyl groups is 1. The molecule has 2 aromatic carbocycles.